The summed E-state index contributed by atoms with van der Waals surface area (Å²) in [5.74, 6) is -1.78. The van der Waals surface area contributed by atoms with Gasteiger partial charge in [-0.05, 0) is 25.9 Å². The van der Waals surface area contributed by atoms with E-state index in [9.17, 15) is 18.7 Å². The monoisotopic (exact) mass is 504 g/mol. The van der Waals surface area contributed by atoms with E-state index >= 15 is 0 Å². The molecule has 0 aromatic heterocycles. The highest BCUT2D eigenvalue weighted by Gasteiger charge is 2.26. The van der Waals surface area contributed by atoms with Crippen molar-refractivity contribution >= 4 is 27.1 Å². The number of hydrogen-bond acceptors (Lipinski definition) is 8. The molecule has 0 saturated carbocycles. The van der Waals surface area contributed by atoms with Gasteiger partial charge < -0.3 is 40.4 Å². The second kappa shape index (κ2) is 13.7. The van der Waals surface area contributed by atoms with Crippen LogP contribution in [0.1, 0.15) is 12.8 Å². The first-order valence-corrected chi connectivity index (χ1v) is 13.8. The summed E-state index contributed by atoms with van der Waals surface area (Å²) in [6.45, 7) is 4.43. The first kappa shape index (κ1) is 29.1. The van der Waals surface area contributed by atoms with Gasteiger partial charge in [0.05, 0.1) is 12.3 Å². The van der Waals surface area contributed by atoms with Gasteiger partial charge in [0.15, 0.2) is 0 Å². The molecule has 16 heteroatoms. The van der Waals surface area contributed by atoms with E-state index in [4.69, 9.17) is 29.8 Å². The normalized spacial score (nSPS) is 23.2. The van der Waals surface area contributed by atoms with E-state index in [0.717, 1.165) is 0 Å². The Bertz CT molecular complexity index is 642. The molecule has 32 heavy (non-hydrogen) atoms. The van der Waals surface area contributed by atoms with Crippen molar-refractivity contribution in [3.63, 3.8) is 0 Å². The minimum Gasteiger partial charge on any atom is -0.480 e. The third-order valence-electron chi connectivity index (χ3n) is 4.96. The second-order valence-electron chi connectivity index (χ2n) is 7.77. The molecule has 0 bridgehead atoms. The fourth-order valence-electron chi connectivity index (χ4n) is 3.36. The number of carboxylic acid groups (broad SMARTS) is 2. The zero-order chi connectivity index (χ0) is 24.4. The number of nitrogens with zero attached hydrogens (tertiary/aromatic N) is 2. The first-order chi connectivity index (χ1) is 14.8. The molecule has 0 unspecified atom stereocenters. The lowest BCUT2D eigenvalue weighted by Crippen LogP contribution is -2.54. The predicted molar refractivity (Wildman–Crippen MR) is 115 cm³/mol. The number of piperazine rings is 2. The van der Waals surface area contributed by atoms with Crippen molar-refractivity contribution in [3.05, 3.63) is 0 Å². The van der Waals surface area contributed by atoms with E-state index in [1.807, 2.05) is 9.80 Å². The molecule has 2 atom stereocenters. The van der Waals surface area contributed by atoms with Crippen LogP contribution >= 0.6 is 15.2 Å². The molecule has 0 aromatic carbocycles. The standard InChI is InChI=1S/2C8H17N2O5P/c2*11-8(12)7-6-10(4-2-9-7)3-1-5-16(13,14)15/h2*7,9H,1-6H2,(H,11,12)(H2,13,14,15)/t2*7-/m11/s1. The van der Waals surface area contributed by atoms with Gasteiger partial charge in [-0.3, -0.25) is 28.5 Å². The largest absolute Gasteiger partial charge is 0.480 e. The van der Waals surface area contributed by atoms with Crippen molar-refractivity contribution in [1.82, 2.24) is 20.4 Å². The molecule has 0 radical (unpaired) electrons. The van der Waals surface area contributed by atoms with Crippen LogP contribution in [0.25, 0.3) is 0 Å². The van der Waals surface area contributed by atoms with Gasteiger partial charge in [0.2, 0.25) is 0 Å². The van der Waals surface area contributed by atoms with Crippen LogP contribution in [0.15, 0.2) is 0 Å². The van der Waals surface area contributed by atoms with Crippen molar-refractivity contribution < 1.29 is 48.5 Å². The third kappa shape index (κ3) is 13.6. The molecule has 0 amide bonds. The summed E-state index contributed by atoms with van der Waals surface area (Å²) in [5.41, 5.74) is 0. The zero-order valence-electron chi connectivity index (χ0n) is 17.7. The van der Waals surface area contributed by atoms with Crippen LogP contribution in [0, 0.1) is 0 Å². The van der Waals surface area contributed by atoms with Crippen molar-refractivity contribution in [2.45, 2.75) is 24.9 Å². The highest BCUT2D eigenvalue weighted by Crippen LogP contribution is 2.35. The quantitative estimate of drug-likeness (QED) is 0.148. The van der Waals surface area contributed by atoms with Crippen LogP contribution in [0.4, 0.5) is 0 Å². The Morgan fingerprint density at radius 2 is 1.09 bits per heavy atom. The molecule has 2 saturated heterocycles. The summed E-state index contributed by atoms with van der Waals surface area (Å²) in [7, 11) is -7.85. The van der Waals surface area contributed by atoms with Gasteiger partial charge in [-0.15, -0.1) is 0 Å². The minimum absolute atomic E-state index is 0.144. The van der Waals surface area contributed by atoms with Crippen molar-refractivity contribution in [3.8, 4) is 0 Å². The highest BCUT2D eigenvalue weighted by atomic mass is 31.2. The second-order valence-corrected chi connectivity index (χ2v) is 11.3. The van der Waals surface area contributed by atoms with E-state index in [1.165, 1.54) is 0 Å². The maximum Gasteiger partial charge on any atom is 0.325 e. The summed E-state index contributed by atoms with van der Waals surface area (Å²) >= 11 is 0. The number of hydrogen-bond donors (Lipinski definition) is 8. The molecule has 14 nitrogen and oxygen atoms in total. The molecule has 8 N–H and O–H groups in total. The fourth-order valence-corrected chi connectivity index (χ4v) is 4.47. The van der Waals surface area contributed by atoms with E-state index < -0.39 is 39.2 Å². The molecular formula is C16H34N4O10P2. The average molecular weight is 504 g/mol. The maximum atomic E-state index is 10.7. The van der Waals surface area contributed by atoms with Crippen LogP contribution in [0.2, 0.25) is 0 Å². The van der Waals surface area contributed by atoms with Crippen LogP contribution in [0.3, 0.4) is 0 Å². The van der Waals surface area contributed by atoms with Crippen LogP contribution in [-0.2, 0) is 18.7 Å². The summed E-state index contributed by atoms with van der Waals surface area (Å²) in [5, 5.41) is 23.3. The number of carboxylic acids is 2. The third-order valence-corrected chi connectivity index (χ3v) is 6.76. The zero-order valence-corrected chi connectivity index (χ0v) is 19.5. The molecule has 0 aliphatic carbocycles. The molecule has 188 valence electrons. The Hall–Kier alpha value is -0.920. The summed E-state index contributed by atoms with van der Waals surface area (Å²) < 4.78 is 21.2. The molecule has 0 spiro atoms. The predicted octanol–water partition coefficient (Wildman–Crippen LogP) is -2.17. The molecule has 2 heterocycles. The SMILES string of the molecule is O=C(O)[C@H]1CN(CCCP(=O)(O)O)CCN1.O=C(O)[C@H]1CN(CCCP(=O)(O)O)CCN1. The van der Waals surface area contributed by atoms with Gasteiger partial charge >= 0.3 is 27.1 Å². The number of rotatable bonds is 10. The van der Waals surface area contributed by atoms with Gasteiger partial charge in [0, 0.05) is 39.3 Å². The van der Waals surface area contributed by atoms with Crippen LogP contribution < -0.4 is 10.6 Å². The van der Waals surface area contributed by atoms with Gasteiger partial charge in [-0.2, -0.15) is 0 Å². The smallest absolute Gasteiger partial charge is 0.325 e. The topological polar surface area (TPSA) is 220 Å². The average Bonchev–Trinajstić information content (AvgIpc) is 2.67. The van der Waals surface area contributed by atoms with Crippen LogP contribution in [0.5, 0.6) is 0 Å². The Kier molecular flexibility index (Phi) is 12.5. The Labute approximate surface area is 186 Å². The van der Waals surface area contributed by atoms with Crippen LogP contribution in [-0.4, -0.2) is 128 Å². The molecule has 2 aliphatic heterocycles. The lowest BCUT2D eigenvalue weighted by Gasteiger charge is -2.31. The molecule has 2 aliphatic rings. The van der Waals surface area contributed by atoms with Gasteiger partial charge in [0.25, 0.3) is 0 Å². The van der Waals surface area contributed by atoms with Crippen molar-refractivity contribution in [2.24, 2.45) is 0 Å². The lowest BCUT2D eigenvalue weighted by atomic mass is 10.2. The van der Waals surface area contributed by atoms with E-state index in [2.05, 4.69) is 10.6 Å². The van der Waals surface area contributed by atoms with Gasteiger partial charge in [0.1, 0.15) is 12.1 Å². The Balaban J connectivity index is 0.000000320. The molecular weight excluding hydrogens is 470 g/mol. The molecule has 2 rings (SSSR count). The van der Waals surface area contributed by atoms with Gasteiger partial charge in [-0.1, -0.05) is 0 Å². The summed E-state index contributed by atoms with van der Waals surface area (Å²) in [4.78, 5) is 59.9. The van der Waals surface area contributed by atoms with E-state index in [-0.39, 0.29) is 12.3 Å². The fraction of sp³-hybridized carbons (Fsp3) is 0.875. The van der Waals surface area contributed by atoms with Crippen molar-refractivity contribution in [2.75, 3.05) is 64.7 Å². The minimum atomic E-state index is -3.93. The number of aliphatic carboxylic acids is 2. The molecule has 0 aromatic rings. The van der Waals surface area contributed by atoms with Gasteiger partial charge in [-0.25, -0.2) is 0 Å². The maximum absolute atomic E-state index is 10.7. The Morgan fingerprint density at radius 3 is 1.38 bits per heavy atom. The lowest BCUT2D eigenvalue weighted by molar-refractivity contribution is -0.141. The van der Waals surface area contributed by atoms with Crippen molar-refractivity contribution in [1.29, 1.82) is 0 Å². The number of carbonyl (C=O) groups is 2. The Morgan fingerprint density at radius 1 is 0.750 bits per heavy atom. The number of nitrogens with one attached hydrogen (secondary N) is 2. The van der Waals surface area contributed by atoms with E-state index in [0.29, 0.717) is 65.2 Å². The van der Waals surface area contributed by atoms with E-state index in [1.54, 1.807) is 0 Å². The molecule has 2 fully saturated rings. The highest BCUT2D eigenvalue weighted by molar-refractivity contribution is 7.52. The summed E-state index contributed by atoms with van der Waals surface area (Å²) in [6, 6.07) is -1.16. The first-order valence-electron chi connectivity index (χ1n) is 10.2. The summed E-state index contributed by atoms with van der Waals surface area (Å²) in [6.07, 6.45) is 0.483.